The summed E-state index contributed by atoms with van der Waals surface area (Å²) in [7, 11) is -0.795. The molecule has 1 N–H and O–H groups in total. The van der Waals surface area contributed by atoms with E-state index in [9.17, 15) is 4.21 Å². The zero-order valence-electron chi connectivity index (χ0n) is 12.0. The zero-order valence-corrected chi connectivity index (χ0v) is 12.8. The molecule has 2 nitrogen and oxygen atoms in total. The highest BCUT2D eigenvalue weighted by molar-refractivity contribution is 7.83. The van der Waals surface area contributed by atoms with Crippen LogP contribution in [0.1, 0.15) is 24.0 Å². The average molecular weight is 287 g/mol. The molecule has 0 saturated carbocycles. The topological polar surface area (TPSA) is 29.1 Å². The molecule has 0 aliphatic carbocycles. The minimum absolute atomic E-state index is 0.458. The summed E-state index contributed by atoms with van der Waals surface area (Å²) in [6, 6.07) is 18.7. The Balaban J connectivity index is 1.95. The van der Waals surface area contributed by atoms with E-state index in [1.54, 1.807) is 6.26 Å². The molecule has 0 aliphatic heterocycles. The Morgan fingerprint density at radius 2 is 1.85 bits per heavy atom. The Morgan fingerprint density at radius 1 is 1.10 bits per heavy atom. The van der Waals surface area contributed by atoms with Gasteiger partial charge in [-0.25, -0.2) is 0 Å². The van der Waals surface area contributed by atoms with Crippen LogP contribution in [0, 0.1) is 0 Å². The van der Waals surface area contributed by atoms with Gasteiger partial charge in [0.2, 0.25) is 0 Å². The normalized spacial score (nSPS) is 13.7. The van der Waals surface area contributed by atoms with E-state index < -0.39 is 10.8 Å². The molecular weight excluding hydrogens is 266 g/mol. The van der Waals surface area contributed by atoms with Gasteiger partial charge in [-0.1, -0.05) is 49.4 Å². The van der Waals surface area contributed by atoms with Crippen LogP contribution >= 0.6 is 0 Å². The molecule has 2 rings (SSSR count). The highest BCUT2D eigenvalue weighted by Gasteiger charge is 2.05. The van der Waals surface area contributed by atoms with Gasteiger partial charge in [-0.2, -0.15) is 0 Å². The Kier molecular flexibility index (Phi) is 5.36. The van der Waals surface area contributed by atoms with Gasteiger partial charge in [0.05, 0.1) is 0 Å². The Bertz CT molecular complexity index is 568. The van der Waals surface area contributed by atoms with Crippen molar-refractivity contribution in [1.29, 1.82) is 0 Å². The fourth-order valence-electron chi connectivity index (χ4n) is 2.18. The van der Waals surface area contributed by atoms with Crippen molar-refractivity contribution in [1.82, 2.24) is 0 Å². The number of nitrogens with one attached hydrogen (secondary N) is 1. The van der Waals surface area contributed by atoms with Gasteiger partial charge < -0.3 is 5.32 Å². The summed E-state index contributed by atoms with van der Waals surface area (Å²) < 4.78 is 11.3. The molecule has 0 saturated heterocycles. The second kappa shape index (κ2) is 7.25. The van der Waals surface area contributed by atoms with Crippen molar-refractivity contribution in [2.45, 2.75) is 18.6 Å². The van der Waals surface area contributed by atoms with Gasteiger partial charge >= 0.3 is 0 Å². The van der Waals surface area contributed by atoms with Crippen molar-refractivity contribution in [3.8, 4) is 0 Å². The third-order valence-electron chi connectivity index (χ3n) is 3.28. The lowest BCUT2D eigenvalue weighted by Gasteiger charge is -2.14. The standard InChI is InChI=1S/C17H21NOS/c1-14(16-8-4-3-5-9-16)12-18-17-10-6-7-15(11-17)13-20(2)19/h3-11,14,18H,12-13H2,1-2H3/t14-,20+/m1/s1. The predicted molar refractivity (Wildman–Crippen MR) is 87.6 cm³/mol. The van der Waals surface area contributed by atoms with Crippen molar-refractivity contribution >= 4 is 16.5 Å². The number of rotatable bonds is 6. The van der Waals surface area contributed by atoms with Gasteiger partial charge in [-0.05, 0) is 29.2 Å². The van der Waals surface area contributed by atoms with Crippen LogP contribution in [0.25, 0.3) is 0 Å². The molecule has 0 fully saturated rings. The van der Waals surface area contributed by atoms with Crippen molar-refractivity contribution in [3.05, 3.63) is 65.7 Å². The van der Waals surface area contributed by atoms with Crippen molar-refractivity contribution in [2.75, 3.05) is 18.1 Å². The molecule has 3 heteroatoms. The third-order valence-corrected chi connectivity index (χ3v) is 4.02. The molecule has 2 aromatic carbocycles. The van der Waals surface area contributed by atoms with Gasteiger partial charge in [0.25, 0.3) is 0 Å². The second-order valence-corrected chi connectivity index (χ2v) is 6.55. The van der Waals surface area contributed by atoms with Crippen molar-refractivity contribution < 1.29 is 4.21 Å². The van der Waals surface area contributed by atoms with Crippen LogP contribution < -0.4 is 5.32 Å². The van der Waals surface area contributed by atoms with Crippen LogP contribution in [0.4, 0.5) is 5.69 Å². The minimum Gasteiger partial charge on any atom is -0.384 e. The molecule has 0 radical (unpaired) electrons. The Labute approximate surface area is 123 Å². The maximum atomic E-state index is 11.3. The summed E-state index contributed by atoms with van der Waals surface area (Å²) in [5.74, 6) is 1.07. The summed E-state index contributed by atoms with van der Waals surface area (Å²) >= 11 is 0. The quantitative estimate of drug-likeness (QED) is 0.876. The van der Waals surface area contributed by atoms with E-state index in [2.05, 4.69) is 48.6 Å². The Morgan fingerprint density at radius 3 is 2.55 bits per heavy atom. The molecule has 0 bridgehead atoms. The Hall–Kier alpha value is -1.61. The highest BCUT2D eigenvalue weighted by atomic mass is 32.2. The summed E-state index contributed by atoms with van der Waals surface area (Å²) in [4.78, 5) is 0. The number of hydrogen-bond donors (Lipinski definition) is 1. The molecule has 0 aliphatic rings. The van der Waals surface area contributed by atoms with E-state index in [0.717, 1.165) is 17.8 Å². The van der Waals surface area contributed by atoms with Gasteiger partial charge in [0, 0.05) is 35.0 Å². The maximum Gasteiger partial charge on any atom is 0.0483 e. The third kappa shape index (κ3) is 4.49. The largest absolute Gasteiger partial charge is 0.384 e. The molecule has 0 amide bonds. The highest BCUT2D eigenvalue weighted by Crippen LogP contribution is 2.17. The summed E-state index contributed by atoms with van der Waals surface area (Å²) in [6.07, 6.45) is 1.73. The van der Waals surface area contributed by atoms with Gasteiger partial charge in [0.15, 0.2) is 0 Å². The number of hydrogen-bond acceptors (Lipinski definition) is 2. The predicted octanol–water partition coefficient (Wildman–Crippen LogP) is 3.78. The molecule has 2 aromatic rings. The van der Waals surface area contributed by atoms with E-state index in [4.69, 9.17) is 0 Å². The van der Waals surface area contributed by atoms with Crippen LogP contribution in [-0.2, 0) is 16.6 Å². The van der Waals surface area contributed by atoms with Crippen LogP contribution in [0.2, 0.25) is 0 Å². The SMILES string of the molecule is C[C@H](CNc1cccc(C[S@](C)=O)c1)c1ccccc1. The van der Waals surface area contributed by atoms with Crippen molar-refractivity contribution in [3.63, 3.8) is 0 Å². The monoisotopic (exact) mass is 287 g/mol. The summed E-state index contributed by atoms with van der Waals surface area (Å²) in [6.45, 7) is 3.11. The lowest BCUT2D eigenvalue weighted by atomic mass is 10.0. The number of benzene rings is 2. The van der Waals surface area contributed by atoms with E-state index in [-0.39, 0.29) is 0 Å². The van der Waals surface area contributed by atoms with Gasteiger partial charge in [-0.15, -0.1) is 0 Å². The smallest absolute Gasteiger partial charge is 0.0483 e. The lowest BCUT2D eigenvalue weighted by Crippen LogP contribution is -2.10. The molecule has 0 aromatic heterocycles. The molecule has 0 spiro atoms. The number of anilines is 1. The molecule has 20 heavy (non-hydrogen) atoms. The minimum atomic E-state index is -0.795. The van der Waals surface area contributed by atoms with Crippen LogP contribution in [0.3, 0.4) is 0 Å². The summed E-state index contributed by atoms with van der Waals surface area (Å²) in [5, 5.41) is 3.46. The molecule has 2 atom stereocenters. The fraction of sp³-hybridized carbons (Fsp3) is 0.294. The summed E-state index contributed by atoms with van der Waals surface area (Å²) in [5.41, 5.74) is 3.55. The van der Waals surface area contributed by atoms with E-state index >= 15 is 0 Å². The molecule has 0 unspecified atom stereocenters. The van der Waals surface area contributed by atoms with Crippen LogP contribution in [0.5, 0.6) is 0 Å². The average Bonchev–Trinajstić information content (AvgIpc) is 2.45. The lowest BCUT2D eigenvalue weighted by molar-refractivity contribution is 0.686. The van der Waals surface area contributed by atoms with Crippen molar-refractivity contribution in [2.24, 2.45) is 0 Å². The van der Waals surface area contributed by atoms with Gasteiger partial charge in [0.1, 0.15) is 0 Å². The second-order valence-electron chi connectivity index (χ2n) is 5.11. The van der Waals surface area contributed by atoms with E-state index in [1.807, 2.05) is 18.2 Å². The van der Waals surface area contributed by atoms with E-state index in [0.29, 0.717) is 11.7 Å². The first-order valence-electron chi connectivity index (χ1n) is 6.83. The first kappa shape index (κ1) is 14.8. The molecule has 0 heterocycles. The van der Waals surface area contributed by atoms with E-state index in [1.165, 1.54) is 5.56 Å². The molecular formula is C17H21NOS. The first-order chi connectivity index (χ1) is 9.65. The molecule has 106 valence electrons. The maximum absolute atomic E-state index is 11.3. The van der Waals surface area contributed by atoms with Crippen LogP contribution in [0.15, 0.2) is 54.6 Å². The van der Waals surface area contributed by atoms with Crippen LogP contribution in [-0.4, -0.2) is 17.0 Å². The zero-order chi connectivity index (χ0) is 14.4. The van der Waals surface area contributed by atoms with Gasteiger partial charge in [-0.3, -0.25) is 4.21 Å². The fourth-order valence-corrected chi connectivity index (χ4v) is 2.83. The first-order valence-corrected chi connectivity index (χ1v) is 8.55.